The molecule has 1 heterocycles. The molecule has 1 N–H and O–H groups in total. The maximum atomic E-state index is 12.8. The fourth-order valence-electron chi connectivity index (χ4n) is 3.05. The first kappa shape index (κ1) is 16.5. The summed E-state index contributed by atoms with van der Waals surface area (Å²) in [6.07, 6.45) is 3.66. The Morgan fingerprint density at radius 3 is 2.25 bits per heavy atom. The van der Waals surface area contributed by atoms with Crippen LogP contribution < -0.4 is 10.2 Å². The van der Waals surface area contributed by atoms with Crippen LogP contribution in [0.3, 0.4) is 0 Å². The normalized spacial score (nSPS) is 14.0. The number of nitrogens with zero attached hydrogens (tertiary/aromatic N) is 1. The number of carbonyl (C=O) groups is 1. The quantitative estimate of drug-likeness (QED) is 0.883. The van der Waals surface area contributed by atoms with Crippen LogP contribution in [-0.2, 0) is 17.6 Å². The Kier molecular flexibility index (Phi) is 5.47. The van der Waals surface area contributed by atoms with Crippen LogP contribution in [0.25, 0.3) is 0 Å². The van der Waals surface area contributed by atoms with E-state index in [1.807, 2.05) is 0 Å². The minimum absolute atomic E-state index is 0.0321. The number of benzene rings is 2. The first-order valence-corrected chi connectivity index (χ1v) is 8.56. The van der Waals surface area contributed by atoms with Crippen LogP contribution in [0.1, 0.15) is 24.0 Å². The summed E-state index contributed by atoms with van der Waals surface area (Å²) < 4.78 is 12.8. The van der Waals surface area contributed by atoms with Gasteiger partial charge in [-0.15, -0.1) is 0 Å². The lowest BCUT2D eigenvalue weighted by molar-refractivity contribution is -0.120. The van der Waals surface area contributed by atoms with E-state index in [0.29, 0.717) is 6.54 Å². The van der Waals surface area contributed by atoms with Gasteiger partial charge >= 0.3 is 0 Å². The lowest BCUT2D eigenvalue weighted by atomic mass is 10.1. The Hall–Kier alpha value is -2.36. The highest BCUT2D eigenvalue weighted by Crippen LogP contribution is 2.20. The number of hydrogen-bond donors (Lipinski definition) is 1. The van der Waals surface area contributed by atoms with Crippen molar-refractivity contribution in [1.82, 2.24) is 5.32 Å². The highest BCUT2D eigenvalue weighted by molar-refractivity contribution is 5.78. The van der Waals surface area contributed by atoms with Crippen LogP contribution in [0.5, 0.6) is 0 Å². The first-order chi connectivity index (χ1) is 11.7. The standard InChI is InChI=1S/C20H23FN2O/c21-18-7-3-17(4-8-18)15-20(24)22-12-11-16-5-9-19(10-6-16)23-13-1-2-14-23/h3-10H,1-2,11-15H2,(H,22,24). The number of carbonyl (C=O) groups excluding carboxylic acids is 1. The van der Waals surface area contributed by atoms with Gasteiger partial charge in [0.2, 0.25) is 5.91 Å². The summed E-state index contributed by atoms with van der Waals surface area (Å²) in [5.74, 6) is -0.313. The van der Waals surface area contributed by atoms with Gasteiger partial charge in [-0.25, -0.2) is 4.39 Å². The van der Waals surface area contributed by atoms with E-state index >= 15 is 0 Å². The predicted octanol–water partition coefficient (Wildman–Crippen LogP) is 3.33. The molecule has 0 saturated carbocycles. The van der Waals surface area contributed by atoms with E-state index in [4.69, 9.17) is 0 Å². The monoisotopic (exact) mass is 326 g/mol. The number of amides is 1. The number of anilines is 1. The molecule has 4 heteroatoms. The molecule has 0 aliphatic carbocycles. The topological polar surface area (TPSA) is 32.3 Å². The van der Waals surface area contributed by atoms with Crippen molar-refractivity contribution in [2.75, 3.05) is 24.5 Å². The Morgan fingerprint density at radius 2 is 1.58 bits per heavy atom. The van der Waals surface area contributed by atoms with Gasteiger partial charge in [-0.3, -0.25) is 4.79 Å². The third kappa shape index (κ3) is 4.57. The summed E-state index contributed by atoms with van der Waals surface area (Å²) in [5, 5.41) is 2.92. The van der Waals surface area contributed by atoms with Gasteiger partial charge in [0.05, 0.1) is 6.42 Å². The lowest BCUT2D eigenvalue weighted by Gasteiger charge is -2.17. The molecule has 0 radical (unpaired) electrons. The maximum absolute atomic E-state index is 12.8. The summed E-state index contributed by atoms with van der Waals surface area (Å²) in [4.78, 5) is 14.3. The third-order valence-electron chi connectivity index (χ3n) is 4.42. The highest BCUT2D eigenvalue weighted by atomic mass is 19.1. The Bertz CT molecular complexity index is 661. The fraction of sp³-hybridized carbons (Fsp3) is 0.350. The first-order valence-electron chi connectivity index (χ1n) is 8.56. The molecular formula is C20H23FN2O. The van der Waals surface area contributed by atoms with E-state index < -0.39 is 0 Å². The van der Waals surface area contributed by atoms with Gasteiger partial charge < -0.3 is 10.2 Å². The fourth-order valence-corrected chi connectivity index (χ4v) is 3.05. The summed E-state index contributed by atoms with van der Waals surface area (Å²) in [7, 11) is 0. The molecular weight excluding hydrogens is 303 g/mol. The van der Waals surface area contributed by atoms with Crippen LogP contribution in [0.2, 0.25) is 0 Å². The summed E-state index contributed by atoms with van der Waals surface area (Å²) in [6, 6.07) is 14.7. The van der Waals surface area contributed by atoms with E-state index in [0.717, 1.165) is 25.1 Å². The third-order valence-corrected chi connectivity index (χ3v) is 4.42. The Labute approximate surface area is 142 Å². The van der Waals surface area contributed by atoms with Gasteiger partial charge in [0.1, 0.15) is 5.82 Å². The molecule has 0 bridgehead atoms. The molecule has 0 atom stereocenters. The minimum Gasteiger partial charge on any atom is -0.372 e. The summed E-state index contributed by atoms with van der Waals surface area (Å²) >= 11 is 0. The molecule has 1 aliphatic rings. The average molecular weight is 326 g/mol. The lowest BCUT2D eigenvalue weighted by Crippen LogP contribution is -2.27. The van der Waals surface area contributed by atoms with Crippen molar-refractivity contribution < 1.29 is 9.18 Å². The SMILES string of the molecule is O=C(Cc1ccc(F)cc1)NCCc1ccc(N2CCCC2)cc1. The van der Waals surface area contributed by atoms with E-state index in [1.54, 1.807) is 12.1 Å². The second-order valence-electron chi connectivity index (χ2n) is 6.26. The number of rotatable bonds is 6. The molecule has 1 aliphatic heterocycles. The van der Waals surface area contributed by atoms with Crippen LogP contribution in [0, 0.1) is 5.82 Å². The summed E-state index contributed by atoms with van der Waals surface area (Å²) in [6.45, 7) is 2.92. The van der Waals surface area contributed by atoms with Crippen molar-refractivity contribution in [3.8, 4) is 0 Å². The molecule has 3 rings (SSSR count). The number of nitrogens with one attached hydrogen (secondary N) is 1. The van der Waals surface area contributed by atoms with Crippen molar-refractivity contribution in [3.05, 3.63) is 65.5 Å². The molecule has 3 nitrogen and oxygen atoms in total. The Morgan fingerprint density at radius 1 is 0.958 bits per heavy atom. The predicted molar refractivity (Wildman–Crippen MR) is 94.7 cm³/mol. The van der Waals surface area contributed by atoms with Crippen molar-refractivity contribution >= 4 is 11.6 Å². The van der Waals surface area contributed by atoms with Crippen molar-refractivity contribution in [3.63, 3.8) is 0 Å². The van der Waals surface area contributed by atoms with Gasteiger partial charge in [-0.1, -0.05) is 24.3 Å². The van der Waals surface area contributed by atoms with Crippen LogP contribution in [0.15, 0.2) is 48.5 Å². The number of hydrogen-bond acceptors (Lipinski definition) is 2. The molecule has 24 heavy (non-hydrogen) atoms. The van der Waals surface area contributed by atoms with Gasteiger partial charge in [0, 0.05) is 25.3 Å². The van der Waals surface area contributed by atoms with Crippen LogP contribution in [-0.4, -0.2) is 25.5 Å². The van der Waals surface area contributed by atoms with Gasteiger partial charge in [-0.05, 0) is 54.7 Å². The largest absolute Gasteiger partial charge is 0.372 e. The molecule has 1 saturated heterocycles. The zero-order chi connectivity index (χ0) is 16.8. The zero-order valence-electron chi connectivity index (χ0n) is 13.8. The highest BCUT2D eigenvalue weighted by Gasteiger charge is 2.11. The second kappa shape index (κ2) is 7.95. The van der Waals surface area contributed by atoms with Crippen LogP contribution >= 0.6 is 0 Å². The molecule has 1 amide bonds. The van der Waals surface area contributed by atoms with Crippen LogP contribution in [0.4, 0.5) is 10.1 Å². The molecule has 0 aromatic heterocycles. The molecule has 126 valence electrons. The second-order valence-corrected chi connectivity index (χ2v) is 6.26. The van der Waals surface area contributed by atoms with Gasteiger partial charge in [0.15, 0.2) is 0 Å². The van der Waals surface area contributed by atoms with Crippen molar-refractivity contribution in [2.45, 2.75) is 25.7 Å². The molecule has 2 aromatic rings. The van der Waals surface area contributed by atoms with Crippen molar-refractivity contribution in [1.29, 1.82) is 0 Å². The van der Waals surface area contributed by atoms with Gasteiger partial charge in [-0.2, -0.15) is 0 Å². The van der Waals surface area contributed by atoms with E-state index in [1.165, 1.54) is 36.2 Å². The number of halogens is 1. The molecule has 0 unspecified atom stereocenters. The van der Waals surface area contributed by atoms with Gasteiger partial charge in [0.25, 0.3) is 0 Å². The smallest absolute Gasteiger partial charge is 0.224 e. The van der Waals surface area contributed by atoms with E-state index in [9.17, 15) is 9.18 Å². The molecule has 0 spiro atoms. The zero-order valence-corrected chi connectivity index (χ0v) is 13.8. The Balaban J connectivity index is 1.42. The van der Waals surface area contributed by atoms with E-state index in [2.05, 4.69) is 34.5 Å². The maximum Gasteiger partial charge on any atom is 0.224 e. The minimum atomic E-state index is -0.281. The van der Waals surface area contributed by atoms with E-state index in [-0.39, 0.29) is 18.1 Å². The van der Waals surface area contributed by atoms with Crippen molar-refractivity contribution in [2.24, 2.45) is 0 Å². The molecule has 2 aromatic carbocycles. The molecule has 1 fully saturated rings. The summed E-state index contributed by atoms with van der Waals surface area (Å²) in [5.41, 5.74) is 3.33. The average Bonchev–Trinajstić information content (AvgIpc) is 3.12.